The molecule has 2 rings (SSSR count). The first-order valence-electron chi connectivity index (χ1n) is 5.07. The molecule has 0 aliphatic carbocycles. The molecule has 0 spiro atoms. The fourth-order valence-electron chi connectivity index (χ4n) is 1.53. The Bertz CT molecular complexity index is 561. The van der Waals surface area contributed by atoms with Gasteiger partial charge in [0.05, 0.1) is 6.10 Å². The summed E-state index contributed by atoms with van der Waals surface area (Å²) in [7, 11) is 0. The molecule has 0 fully saturated rings. The Kier molecular flexibility index (Phi) is 3.23. The number of nitrogens with zero attached hydrogens (tertiary/aromatic N) is 1. The molecule has 0 radical (unpaired) electrons. The average molecular weight is 240 g/mol. The molecule has 0 saturated carbocycles. The molecule has 4 N–H and O–H groups in total. The molecule has 0 aliphatic heterocycles. The third-order valence-corrected chi connectivity index (χ3v) is 2.43. The van der Waals surface area contributed by atoms with E-state index in [1.54, 1.807) is 0 Å². The second-order valence-corrected chi connectivity index (χ2v) is 3.65. The summed E-state index contributed by atoms with van der Waals surface area (Å²) in [4.78, 5) is 17.1. The van der Waals surface area contributed by atoms with Gasteiger partial charge < -0.3 is 19.7 Å². The van der Waals surface area contributed by atoms with Crippen LogP contribution in [0.1, 0.15) is 18.1 Å². The van der Waals surface area contributed by atoms with E-state index in [0.29, 0.717) is 5.56 Å². The number of H-pyrrole nitrogens is 1. The summed E-state index contributed by atoms with van der Waals surface area (Å²) in [5.41, 5.74) is 0.812. The number of hydrogen-bond donors (Lipinski definition) is 4. The van der Waals surface area contributed by atoms with Crippen molar-refractivity contribution in [1.82, 2.24) is 9.97 Å². The van der Waals surface area contributed by atoms with Gasteiger partial charge >= 0.3 is 5.76 Å². The Hall–Kier alpha value is -1.70. The van der Waals surface area contributed by atoms with Crippen molar-refractivity contribution in [3.63, 3.8) is 0 Å². The molecule has 7 heteroatoms. The number of aromatic nitrogens is 2. The minimum atomic E-state index is -1.18. The molecule has 2 aromatic rings. The van der Waals surface area contributed by atoms with Gasteiger partial charge in [-0.05, 0) is 12.5 Å². The summed E-state index contributed by atoms with van der Waals surface area (Å²) in [6, 6.07) is 1.42. The van der Waals surface area contributed by atoms with Gasteiger partial charge in [0.25, 0.3) is 0 Å². The van der Waals surface area contributed by atoms with Crippen molar-refractivity contribution < 1.29 is 19.7 Å². The summed E-state index contributed by atoms with van der Waals surface area (Å²) in [5, 5.41) is 27.9. The van der Waals surface area contributed by atoms with E-state index < -0.39 is 18.0 Å². The van der Waals surface area contributed by atoms with Gasteiger partial charge in [0, 0.05) is 18.4 Å². The molecule has 2 heterocycles. The molecule has 0 amide bonds. The molecule has 17 heavy (non-hydrogen) atoms. The Labute approximate surface area is 95.4 Å². The lowest BCUT2D eigenvalue weighted by Gasteiger charge is -2.16. The average Bonchev–Trinajstić information content (AvgIpc) is 2.67. The summed E-state index contributed by atoms with van der Waals surface area (Å²) in [6.45, 7) is -0.229. The molecule has 92 valence electrons. The number of aromatic amines is 1. The topological polar surface area (TPSA) is 120 Å². The molecule has 0 saturated heterocycles. The third kappa shape index (κ3) is 2.36. The van der Waals surface area contributed by atoms with E-state index in [2.05, 4.69) is 9.97 Å². The van der Waals surface area contributed by atoms with E-state index in [1.807, 2.05) is 0 Å². The lowest BCUT2D eigenvalue weighted by Crippen LogP contribution is -2.19. The quantitative estimate of drug-likeness (QED) is 0.560. The highest BCUT2D eigenvalue weighted by Gasteiger charge is 2.19. The van der Waals surface area contributed by atoms with Crippen molar-refractivity contribution in [3.8, 4) is 0 Å². The van der Waals surface area contributed by atoms with Crippen LogP contribution in [-0.2, 0) is 0 Å². The van der Waals surface area contributed by atoms with Gasteiger partial charge in [-0.15, -0.1) is 0 Å². The standard InChI is InChI=1S/C10H12N2O5/c13-2-1-6(14)8(15)5-3-7-9(11-4-5)12-10(16)17-7/h3-4,6,8,13-15H,1-2H2,(H,11,12,16). The molecular weight excluding hydrogens is 228 g/mol. The van der Waals surface area contributed by atoms with Crippen molar-refractivity contribution in [3.05, 3.63) is 28.4 Å². The number of pyridine rings is 1. The third-order valence-electron chi connectivity index (χ3n) is 2.43. The molecule has 7 nitrogen and oxygen atoms in total. The van der Waals surface area contributed by atoms with Crippen molar-refractivity contribution in [1.29, 1.82) is 0 Å². The van der Waals surface area contributed by atoms with E-state index in [4.69, 9.17) is 9.52 Å². The lowest BCUT2D eigenvalue weighted by atomic mass is 10.0. The van der Waals surface area contributed by atoms with Crippen molar-refractivity contribution in [2.75, 3.05) is 6.61 Å². The number of oxazole rings is 1. The lowest BCUT2D eigenvalue weighted by molar-refractivity contribution is 0.00409. The van der Waals surface area contributed by atoms with Crippen molar-refractivity contribution >= 4 is 11.2 Å². The van der Waals surface area contributed by atoms with Gasteiger partial charge in [-0.1, -0.05) is 0 Å². The van der Waals surface area contributed by atoms with Crippen LogP contribution in [-0.4, -0.2) is 38.0 Å². The van der Waals surface area contributed by atoms with Crippen LogP contribution in [0.15, 0.2) is 21.5 Å². The van der Waals surface area contributed by atoms with E-state index in [1.165, 1.54) is 12.3 Å². The van der Waals surface area contributed by atoms with Crippen molar-refractivity contribution in [2.24, 2.45) is 0 Å². The Balaban J connectivity index is 2.32. The maximum absolute atomic E-state index is 10.9. The van der Waals surface area contributed by atoms with Crippen LogP contribution in [0.3, 0.4) is 0 Å². The second kappa shape index (κ2) is 4.66. The number of aliphatic hydroxyl groups excluding tert-OH is 3. The Morgan fingerprint density at radius 1 is 1.47 bits per heavy atom. The predicted molar refractivity (Wildman–Crippen MR) is 57.3 cm³/mol. The zero-order valence-electron chi connectivity index (χ0n) is 8.83. The van der Waals surface area contributed by atoms with Crippen LogP contribution in [0.5, 0.6) is 0 Å². The molecule has 0 aliphatic rings. The normalized spacial score (nSPS) is 15.0. The van der Waals surface area contributed by atoms with E-state index in [-0.39, 0.29) is 24.3 Å². The monoisotopic (exact) mass is 240 g/mol. The fourth-order valence-corrected chi connectivity index (χ4v) is 1.53. The highest BCUT2D eigenvalue weighted by Crippen LogP contribution is 2.20. The van der Waals surface area contributed by atoms with Crippen LogP contribution < -0.4 is 5.76 Å². The first-order valence-corrected chi connectivity index (χ1v) is 5.07. The Morgan fingerprint density at radius 3 is 2.94 bits per heavy atom. The van der Waals surface area contributed by atoms with Crippen LogP contribution in [0, 0.1) is 0 Å². The van der Waals surface area contributed by atoms with Gasteiger partial charge in [0.15, 0.2) is 11.2 Å². The molecule has 2 atom stereocenters. The summed E-state index contributed by atoms with van der Waals surface area (Å²) >= 11 is 0. The van der Waals surface area contributed by atoms with Gasteiger partial charge in [-0.2, -0.15) is 0 Å². The number of rotatable bonds is 4. The van der Waals surface area contributed by atoms with Crippen LogP contribution in [0.2, 0.25) is 0 Å². The van der Waals surface area contributed by atoms with Crippen LogP contribution in [0.25, 0.3) is 11.2 Å². The van der Waals surface area contributed by atoms with Crippen molar-refractivity contribution in [2.45, 2.75) is 18.6 Å². The summed E-state index contributed by atoms with van der Waals surface area (Å²) in [6.07, 6.45) is -0.890. The SMILES string of the molecule is O=c1[nH]c2ncc(C(O)C(O)CCO)cc2o1. The molecular formula is C10H12N2O5. The minimum Gasteiger partial charge on any atom is -0.406 e. The first-order chi connectivity index (χ1) is 8.11. The minimum absolute atomic E-state index is 0.0519. The van der Waals surface area contributed by atoms with E-state index >= 15 is 0 Å². The largest absolute Gasteiger partial charge is 0.418 e. The maximum Gasteiger partial charge on any atom is 0.418 e. The van der Waals surface area contributed by atoms with Gasteiger partial charge in [-0.3, -0.25) is 4.98 Å². The molecule has 0 bridgehead atoms. The first kappa shape index (κ1) is 11.8. The smallest absolute Gasteiger partial charge is 0.406 e. The molecule has 2 aromatic heterocycles. The van der Waals surface area contributed by atoms with Gasteiger partial charge in [-0.25, -0.2) is 9.78 Å². The van der Waals surface area contributed by atoms with Gasteiger partial charge in [0.1, 0.15) is 6.10 Å². The predicted octanol–water partition coefficient (Wildman–Crippen LogP) is -0.707. The van der Waals surface area contributed by atoms with Crippen LogP contribution >= 0.6 is 0 Å². The highest BCUT2D eigenvalue weighted by atomic mass is 16.4. The maximum atomic E-state index is 10.9. The van der Waals surface area contributed by atoms with Gasteiger partial charge in [0.2, 0.25) is 0 Å². The number of hydrogen-bond acceptors (Lipinski definition) is 6. The highest BCUT2D eigenvalue weighted by molar-refractivity contribution is 5.67. The summed E-state index contributed by atoms with van der Waals surface area (Å²) in [5.74, 6) is -0.630. The molecule has 2 unspecified atom stereocenters. The second-order valence-electron chi connectivity index (χ2n) is 3.65. The number of nitrogens with one attached hydrogen (secondary N) is 1. The van der Waals surface area contributed by atoms with E-state index in [0.717, 1.165) is 0 Å². The summed E-state index contributed by atoms with van der Waals surface area (Å²) < 4.78 is 4.78. The fraction of sp³-hybridized carbons (Fsp3) is 0.400. The zero-order chi connectivity index (χ0) is 12.4. The Morgan fingerprint density at radius 2 is 2.24 bits per heavy atom. The number of aliphatic hydroxyl groups is 3. The molecule has 0 aromatic carbocycles. The zero-order valence-corrected chi connectivity index (χ0v) is 8.83. The number of fused-ring (bicyclic) bond motifs is 1. The van der Waals surface area contributed by atoms with E-state index in [9.17, 15) is 15.0 Å². The van der Waals surface area contributed by atoms with Crippen LogP contribution in [0.4, 0.5) is 0 Å².